The first-order valence-electron chi connectivity index (χ1n) is 5.05. The van der Waals surface area contributed by atoms with Crippen molar-refractivity contribution >= 4 is 5.82 Å². The van der Waals surface area contributed by atoms with E-state index < -0.39 is 0 Å². The van der Waals surface area contributed by atoms with Crippen LogP contribution in [0.2, 0.25) is 0 Å². The Hall–Kier alpha value is -1.16. The maximum atomic E-state index is 4.35. The molecule has 0 radical (unpaired) electrons. The highest BCUT2D eigenvalue weighted by Gasteiger charge is 2.03. The third kappa shape index (κ3) is 2.96. The van der Waals surface area contributed by atoms with E-state index in [-0.39, 0.29) is 0 Å². The second-order valence-corrected chi connectivity index (χ2v) is 3.10. The molecule has 4 nitrogen and oxygen atoms in total. The summed E-state index contributed by atoms with van der Waals surface area (Å²) in [5, 5.41) is 6.50. The molecule has 0 aliphatic rings. The highest BCUT2D eigenvalue weighted by atomic mass is 15.0. The van der Waals surface area contributed by atoms with Crippen LogP contribution in [-0.2, 0) is 6.54 Å². The van der Waals surface area contributed by atoms with Crippen LogP contribution in [0.1, 0.15) is 25.2 Å². The quantitative estimate of drug-likeness (QED) is 0.742. The van der Waals surface area contributed by atoms with E-state index in [9.17, 15) is 0 Å². The molecule has 78 valence electrons. The Morgan fingerprint density at radius 1 is 1.29 bits per heavy atom. The first-order valence-corrected chi connectivity index (χ1v) is 5.05. The topological polar surface area (TPSA) is 49.8 Å². The van der Waals surface area contributed by atoms with Gasteiger partial charge in [0.15, 0.2) is 0 Å². The lowest BCUT2D eigenvalue weighted by Gasteiger charge is -2.09. The van der Waals surface area contributed by atoms with Crippen molar-refractivity contribution in [2.75, 3.05) is 18.4 Å². The predicted molar refractivity (Wildman–Crippen MR) is 58.3 cm³/mol. The Labute approximate surface area is 85.2 Å². The molecule has 1 rings (SSSR count). The number of nitrogens with zero attached hydrogens (tertiary/aromatic N) is 2. The molecule has 1 aromatic heterocycles. The average molecular weight is 194 g/mol. The summed E-state index contributed by atoms with van der Waals surface area (Å²) >= 11 is 0. The summed E-state index contributed by atoms with van der Waals surface area (Å²) in [4.78, 5) is 8.54. The third-order valence-electron chi connectivity index (χ3n) is 1.89. The van der Waals surface area contributed by atoms with Gasteiger partial charge in [-0.15, -0.1) is 0 Å². The zero-order valence-corrected chi connectivity index (χ0v) is 9.09. The van der Waals surface area contributed by atoms with Gasteiger partial charge in [-0.25, -0.2) is 9.97 Å². The minimum atomic E-state index is 0.807. The number of rotatable bonds is 5. The summed E-state index contributed by atoms with van der Waals surface area (Å²) in [6.45, 7) is 8.71. The molecule has 0 fully saturated rings. The number of hydrogen-bond acceptors (Lipinski definition) is 4. The number of aryl methyl sites for hydroxylation is 1. The zero-order chi connectivity index (χ0) is 10.4. The first-order chi connectivity index (χ1) is 6.77. The van der Waals surface area contributed by atoms with Crippen molar-refractivity contribution in [2.45, 2.75) is 27.3 Å². The maximum Gasteiger partial charge on any atom is 0.134 e. The van der Waals surface area contributed by atoms with E-state index in [2.05, 4.69) is 34.4 Å². The Morgan fingerprint density at radius 2 is 2.07 bits per heavy atom. The van der Waals surface area contributed by atoms with Gasteiger partial charge in [0.2, 0.25) is 0 Å². The smallest absolute Gasteiger partial charge is 0.134 e. The first kappa shape index (κ1) is 10.9. The molecule has 14 heavy (non-hydrogen) atoms. The van der Waals surface area contributed by atoms with Crippen molar-refractivity contribution in [3.63, 3.8) is 0 Å². The standard InChI is InChI=1S/C10H18N4/c1-4-11-6-9-7-13-8(3)14-10(9)12-5-2/h7,11H,4-6H2,1-3H3,(H,12,13,14). The SMILES string of the molecule is CCNCc1cnc(C)nc1NCC. The lowest BCUT2D eigenvalue weighted by molar-refractivity contribution is 0.720. The molecule has 0 amide bonds. The summed E-state index contributed by atoms with van der Waals surface area (Å²) in [6.07, 6.45) is 1.88. The van der Waals surface area contributed by atoms with E-state index in [1.807, 2.05) is 13.1 Å². The molecule has 1 heterocycles. The normalized spacial score (nSPS) is 10.2. The van der Waals surface area contributed by atoms with Crippen molar-refractivity contribution in [1.29, 1.82) is 0 Å². The van der Waals surface area contributed by atoms with Gasteiger partial charge < -0.3 is 10.6 Å². The van der Waals surface area contributed by atoms with Crippen LogP contribution in [0.5, 0.6) is 0 Å². The van der Waals surface area contributed by atoms with Gasteiger partial charge in [0.05, 0.1) is 0 Å². The van der Waals surface area contributed by atoms with E-state index in [0.717, 1.165) is 36.8 Å². The zero-order valence-electron chi connectivity index (χ0n) is 9.09. The van der Waals surface area contributed by atoms with Crippen LogP contribution in [0.25, 0.3) is 0 Å². The lowest BCUT2D eigenvalue weighted by Crippen LogP contribution is -2.15. The van der Waals surface area contributed by atoms with Crippen molar-refractivity contribution in [3.8, 4) is 0 Å². The maximum absolute atomic E-state index is 4.35. The summed E-state index contributed by atoms with van der Waals surface area (Å²) in [7, 11) is 0. The van der Waals surface area contributed by atoms with Crippen LogP contribution in [0.4, 0.5) is 5.82 Å². The van der Waals surface area contributed by atoms with Crippen molar-refractivity contribution in [2.24, 2.45) is 0 Å². The fraction of sp³-hybridized carbons (Fsp3) is 0.600. The molecule has 0 aliphatic heterocycles. The Balaban J connectivity index is 2.78. The Morgan fingerprint density at radius 3 is 2.71 bits per heavy atom. The van der Waals surface area contributed by atoms with E-state index in [1.165, 1.54) is 0 Å². The van der Waals surface area contributed by atoms with Crippen LogP contribution in [0.3, 0.4) is 0 Å². The largest absolute Gasteiger partial charge is 0.370 e. The van der Waals surface area contributed by atoms with E-state index in [0.29, 0.717) is 0 Å². The molecule has 0 bridgehead atoms. The molecule has 0 atom stereocenters. The number of aromatic nitrogens is 2. The molecular weight excluding hydrogens is 176 g/mol. The second kappa shape index (κ2) is 5.54. The third-order valence-corrected chi connectivity index (χ3v) is 1.89. The molecule has 2 N–H and O–H groups in total. The summed E-state index contributed by atoms with van der Waals surface area (Å²) in [5.74, 6) is 1.75. The van der Waals surface area contributed by atoms with Crippen LogP contribution < -0.4 is 10.6 Å². The molecule has 0 aliphatic carbocycles. The second-order valence-electron chi connectivity index (χ2n) is 3.10. The number of hydrogen-bond donors (Lipinski definition) is 2. The number of nitrogens with one attached hydrogen (secondary N) is 2. The van der Waals surface area contributed by atoms with Gasteiger partial charge in [0.1, 0.15) is 11.6 Å². The molecular formula is C10H18N4. The molecule has 1 aromatic rings. The Bertz CT molecular complexity index is 285. The average Bonchev–Trinajstić information content (AvgIpc) is 2.17. The van der Waals surface area contributed by atoms with Crippen LogP contribution >= 0.6 is 0 Å². The molecule has 0 spiro atoms. The van der Waals surface area contributed by atoms with Crippen molar-refractivity contribution in [1.82, 2.24) is 15.3 Å². The summed E-state index contributed by atoms with van der Waals surface area (Å²) < 4.78 is 0. The molecule has 0 saturated heterocycles. The van der Waals surface area contributed by atoms with Gasteiger partial charge in [0, 0.05) is 24.8 Å². The molecule has 0 saturated carbocycles. The number of anilines is 1. The summed E-state index contributed by atoms with van der Waals surface area (Å²) in [5.41, 5.74) is 1.12. The van der Waals surface area contributed by atoms with E-state index >= 15 is 0 Å². The van der Waals surface area contributed by atoms with Gasteiger partial charge >= 0.3 is 0 Å². The molecule has 0 aromatic carbocycles. The monoisotopic (exact) mass is 194 g/mol. The van der Waals surface area contributed by atoms with Gasteiger partial charge in [-0.1, -0.05) is 6.92 Å². The predicted octanol–water partition coefficient (Wildman–Crippen LogP) is 1.33. The van der Waals surface area contributed by atoms with Gasteiger partial charge in [-0.3, -0.25) is 0 Å². The van der Waals surface area contributed by atoms with Crippen LogP contribution in [-0.4, -0.2) is 23.1 Å². The van der Waals surface area contributed by atoms with Crippen molar-refractivity contribution < 1.29 is 0 Å². The lowest BCUT2D eigenvalue weighted by atomic mass is 10.3. The minimum absolute atomic E-state index is 0.807. The molecule has 4 heteroatoms. The Kier molecular flexibility index (Phi) is 4.32. The van der Waals surface area contributed by atoms with Gasteiger partial charge in [-0.05, 0) is 20.4 Å². The highest BCUT2D eigenvalue weighted by molar-refractivity contribution is 5.42. The summed E-state index contributed by atoms with van der Waals surface area (Å²) in [6, 6.07) is 0. The molecule has 0 unspecified atom stereocenters. The fourth-order valence-corrected chi connectivity index (χ4v) is 1.20. The fourth-order valence-electron chi connectivity index (χ4n) is 1.20. The highest BCUT2D eigenvalue weighted by Crippen LogP contribution is 2.10. The van der Waals surface area contributed by atoms with E-state index in [4.69, 9.17) is 0 Å². The van der Waals surface area contributed by atoms with Crippen LogP contribution in [0, 0.1) is 6.92 Å². The van der Waals surface area contributed by atoms with Crippen molar-refractivity contribution in [3.05, 3.63) is 17.6 Å². The minimum Gasteiger partial charge on any atom is -0.370 e. The van der Waals surface area contributed by atoms with E-state index in [1.54, 1.807) is 0 Å². The van der Waals surface area contributed by atoms with Crippen LogP contribution in [0.15, 0.2) is 6.20 Å². The van der Waals surface area contributed by atoms with Gasteiger partial charge in [-0.2, -0.15) is 0 Å². The van der Waals surface area contributed by atoms with Gasteiger partial charge in [0.25, 0.3) is 0 Å².